The van der Waals surface area contributed by atoms with Crippen LogP contribution in [-0.2, 0) is 0 Å². The molecule has 0 saturated heterocycles. The van der Waals surface area contributed by atoms with Crippen molar-refractivity contribution in [3.05, 3.63) is 50.1 Å². The molecule has 1 aromatic carbocycles. The van der Waals surface area contributed by atoms with E-state index in [0.29, 0.717) is 15.6 Å². The smallest absolute Gasteiger partial charge is 0.341 e. The summed E-state index contributed by atoms with van der Waals surface area (Å²) < 4.78 is 0. The second-order valence-electron chi connectivity index (χ2n) is 3.89. The number of benzene rings is 1. The molecular formula is C11H10Cl2N4O3. The van der Waals surface area contributed by atoms with E-state index in [1.807, 2.05) is 0 Å². The number of hydrogen-bond donors (Lipinski definition) is 4. The molecule has 1 atom stereocenters. The van der Waals surface area contributed by atoms with E-state index in [0.717, 1.165) is 0 Å². The number of nitrogens with zero attached hydrogens (tertiary/aromatic N) is 1. The molecule has 0 aliphatic rings. The van der Waals surface area contributed by atoms with Gasteiger partial charge in [-0.1, -0.05) is 29.3 Å². The van der Waals surface area contributed by atoms with Gasteiger partial charge in [-0.15, -0.1) is 5.10 Å². The number of carbonyl (C=O) groups excluding carboxylic acids is 1. The largest absolute Gasteiger partial charge is 0.386 e. The molecule has 1 aromatic heterocycles. The van der Waals surface area contributed by atoms with Gasteiger partial charge in [0.25, 0.3) is 5.91 Å². The molecule has 1 heterocycles. The maximum atomic E-state index is 11.6. The Kier molecular flexibility index (Phi) is 4.43. The van der Waals surface area contributed by atoms with Crippen molar-refractivity contribution in [2.75, 3.05) is 6.54 Å². The summed E-state index contributed by atoms with van der Waals surface area (Å²) in [6, 6.07) is 4.81. The molecule has 0 bridgehead atoms. The van der Waals surface area contributed by atoms with Crippen LogP contribution in [0.3, 0.4) is 0 Å². The lowest BCUT2D eigenvalue weighted by Gasteiger charge is -2.14. The van der Waals surface area contributed by atoms with Gasteiger partial charge in [-0.05, 0) is 12.1 Å². The summed E-state index contributed by atoms with van der Waals surface area (Å²) in [5, 5.41) is 18.5. The monoisotopic (exact) mass is 316 g/mol. The van der Waals surface area contributed by atoms with Crippen molar-refractivity contribution >= 4 is 29.1 Å². The summed E-state index contributed by atoms with van der Waals surface area (Å²) in [5.74, 6) is -0.807. The van der Waals surface area contributed by atoms with E-state index in [4.69, 9.17) is 23.2 Å². The van der Waals surface area contributed by atoms with E-state index in [1.165, 1.54) is 0 Å². The third-order valence-electron chi connectivity index (χ3n) is 2.51. The summed E-state index contributed by atoms with van der Waals surface area (Å²) in [7, 11) is 0. The zero-order valence-electron chi connectivity index (χ0n) is 9.98. The number of H-pyrrole nitrogens is 2. The minimum absolute atomic E-state index is 0.128. The highest BCUT2D eigenvalue weighted by atomic mass is 35.5. The average molecular weight is 317 g/mol. The molecule has 2 rings (SSSR count). The maximum absolute atomic E-state index is 11.6. The lowest BCUT2D eigenvalue weighted by molar-refractivity contribution is 0.0906. The molecule has 0 saturated carbocycles. The number of rotatable bonds is 4. The van der Waals surface area contributed by atoms with Gasteiger partial charge in [0.2, 0.25) is 5.82 Å². The minimum Gasteiger partial charge on any atom is -0.386 e. The van der Waals surface area contributed by atoms with Crippen molar-refractivity contribution in [2.24, 2.45) is 0 Å². The summed E-state index contributed by atoms with van der Waals surface area (Å²) >= 11 is 11.9. The quantitative estimate of drug-likeness (QED) is 0.670. The number of aromatic amines is 2. The van der Waals surface area contributed by atoms with Crippen LogP contribution in [0.15, 0.2) is 23.0 Å². The average Bonchev–Trinajstić information content (AvgIpc) is 2.82. The molecule has 4 N–H and O–H groups in total. The standard InChI is InChI=1S/C11H10Cl2N4O3/c12-5-2-1-3-6(13)8(5)7(18)4-14-10(19)9-15-11(20)17-16-9/h1-3,7,18H,4H2,(H,14,19)(H2,15,16,17,20). The fourth-order valence-electron chi connectivity index (χ4n) is 1.58. The van der Waals surface area contributed by atoms with Gasteiger partial charge in [-0.25, -0.2) is 9.89 Å². The lowest BCUT2D eigenvalue weighted by atomic mass is 10.1. The number of aliphatic hydroxyl groups excluding tert-OH is 1. The van der Waals surface area contributed by atoms with Crippen molar-refractivity contribution in [3.63, 3.8) is 0 Å². The van der Waals surface area contributed by atoms with Crippen LogP contribution >= 0.6 is 23.2 Å². The fraction of sp³-hybridized carbons (Fsp3) is 0.182. The first kappa shape index (κ1) is 14.6. The zero-order valence-corrected chi connectivity index (χ0v) is 11.5. The second kappa shape index (κ2) is 6.08. The minimum atomic E-state index is -1.08. The first-order valence-electron chi connectivity index (χ1n) is 5.54. The maximum Gasteiger partial charge on any atom is 0.341 e. The predicted octanol–water partition coefficient (Wildman–Crippen LogP) is 0.868. The Morgan fingerprint density at radius 1 is 1.40 bits per heavy atom. The van der Waals surface area contributed by atoms with Crippen molar-refractivity contribution in [3.8, 4) is 0 Å². The summed E-state index contributed by atoms with van der Waals surface area (Å²) in [6.45, 7) is -0.128. The molecule has 2 aromatic rings. The predicted molar refractivity (Wildman–Crippen MR) is 73.0 cm³/mol. The van der Waals surface area contributed by atoms with Gasteiger partial charge in [0.1, 0.15) is 0 Å². The highest BCUT2D eigenvalue weighted by Crippen LogP contribution is 2.29. The van der Waals surface area contributed by atoms with E-state index in [9.17, 15) is 14.7 Å². The molecule has 7 nitrogen and oxygen atoms in total. The van der Waals surface area contributed by atoms with E-state index in [1.54, 1.807) is 18.2 Å². The number of halogens is 2. The van der Waals surface area contributed by atoms with E-state index >= 15 is 0 Å². The number of nitrogens with one attached hydrogen (secondary N) is 3. The first-order valence-corrected chi connectivity index (χ1v) is 6.29. The molecule has 0 aliphatic heterocycles. The Bertz CT molecular complexity index is 662. The Morgan fingerprint density at radius 3 is 2.60 bits per heavy atom. The lowest BCUT2D eigenvalue weighted by Crippen LogP contribution is -2.29. The molecule has 0 spiro atoms. The van der Waals surface area contributed by atoms with Gasteiger partial charge in [-0.3, -0.25) is 9.78 Å². The number of aromatic nitrogens is 3. The highest BCUT2D eigenvalue weighted by molar-refractivity contribution is 6.36. The van der Waals surface area contributed by atoms with Crippen LogP contribution < -0.4 is 11.0 Å². The summed E-state index contributed by atoms with van der Waals surface area (Å²) in [6.07, 6.45) is -1.08. The van der Waals surface area contributed by atoms with Gasteiger partial charge in [0.05, 0.1) is 6.10 Å². The number of amides is 1. The van der Waals surface area contributed by atoms with Crippen LogP contribution in [0, 0.1) is 0 Å². The van der Waals surface area contributed by atoms with Gasteiger partial charge in [0.15, 0.2) is 0 Å². The Morgan fingerprint density at radius 2 is 2.05 bits per heavy atom. The van der Waals surface area contributed by atoms with Crippen molar-refractivity contribution in [2.45, 2.75) is 6.10 Å². The van der Waals surface area contributed by atoms with Crippen molar-refractivity contribution in [1.29, 1.82) is 0 Å². The van der Waals surface area contributed by atoms with Crippen LogP contribution in [0.25, 0.3) is 0 Å². The number of carbonyl (C=O) groups is 1. The van der Waals surface area contributed by atoms with E-state index < -0.39 is 17.7 Å². The topological polar surface area (TPSA) is 111 Å². The third kappa shape index (κ3) is 3.19. The van der Waals surface area contributed by atoms with Gasteiger partial charge in [-0.2, -0.15) is 0 Å². The summed E-state index contributed by atoms with van der Waals surface area (Å²) in [5.41, 5.74) is -0.267. The normalized spacial score (nSPS) is 12.2. The Balaban J connectivity index is 2.04. The molecule has 20 heavy (non-hydrogen) atoms. The zero-order chi connectivity index (χ0) is 14.7. The molecule has 0 radical (unpaired) electrons. The highest BCUT2D eigenvalue weighted by Gasteiger charge is 2.17. The third-order valence-corrected chi connectivity index (χ3v) is 3.16. The second-order valence-corrected chi connectivity index (χ2v) is 4.70. The SMILES string of the molecule is O=C(NCC(O)c1c(Cl)cccc1Cl)c1n[nH]c(=O)[nH]1. The molecule has 9 heteroatoms. The summed E-state index contributed by atoms with van der Waals surface area (Å²) in [4.78, 5) is 24.6. The fourth-order valence-corrected chi connectivity index (χ4v) is 2.23. The van der Waals surface area contributed by atoms with Gasteiger partial charge in [0, 0.05) is 22.2 Å². The van der Waals surface area contributed by atoms with Crippen LogP contribution in [0.2, 0.25) is 10.0 Å². The van der Waals surface area contributed by atoms with Crippen molar-refractivity contribution < 1.29 is 9.90 Å². The van der Waals surface area contributed by atoms with E-state index in [2.05, 4.69) is 20.5 Å². The van der Waals surface area contributed by atoms with Crippen LogP contribution in [-0.4, -0.2) is 32.7 Å². The molecule has 106 valence electrons. The van der Waals surface area contributed by atoms with Gasteiger partial charge < -0.3 is 10.4 Å². The molecule has 0 fully saturated rings. The van der Waals surface area contributed by atoms with Crippen LogP contribution in [0.4, 0.5) is 0 Å². The molecule has 0 aliphatic carbocycles. The first-order chi connectivity index (χ1) is 9.49. The Hall–Kier alpha value is -1.83. The van der Waals surface area contributed by atoms with Crippen LogP contribution in [0.5, 0.6) is 0 Å². The number of hydrogen-bond acceptors (Lipinski definition) is 4. The molecular weight excluding hydrogens is 307 g/mol. The number of aliphatic hydroxyl groups is 1. The van der Waals surface area contributed by atoms with Gasteiger partial charge >= 0.3 is 5.69 Å². The van der Waals surface area contributed by atoms with Crippen molar-refractivity contribution in [1.82, 2.24) is 20.5 Å². The van der Waals surface area contributed by atoms with Crippen LogP contribution in [0.1, 0.15) is 22.3 Å². The van der Waals surface area contributed by atoms with E-state index in [-0.39, 0.29) is 12.4 Å². The molecule has 1 unspecified atom stereocenters. The molecule has 1 amide bonds. The Labute approximate surface area is 122 Å².